The summed E-state index contributed by atoms with van der Waals surface area (Å²) in [5.74, 6) is -0.453. The minimum absolute atomic E-state index is 0.0894. The number of benzene rings is 2. The molecule has 10 heteroatoms. The minimum Gasteiger partial charge on any atom is -0.493 e. The van der Waals surface area contributed by atoms with Gasteiger partial charge < -0.3 is 18.9 Å². The third-order valence-corrected chi connectivity index (χ3v) is 6.48. The predicted octanol–water partition coefficient (Wildman–Crippen LogP) is 2.33. The first kappa shape index (κ1) is 22.4. The molecule has 0 aliphatic carbocycles. The van der Waals surface area contributed by atoms with Crippen molar-refractivity contribution in [3.05, 3.63) is 52.5 Å². The Bertz CT molecular complexity index is 1090. The van der Waals surface area contributed by atoms with E-state index in [0.717, 1.165) is 4.31 Å². The van der Waals surface area contributed by atoms with Crippen LogP contribution >= 0.6 is 11.6 Å². The molecule has 2 aromatic rings. The third-order valence-electron chi connectivity index (χ3n) is 4.97. The van der Waals surface area contributed by atoms with Crippen LogP contribution in [0, 0.1) is 0 Å². The fraction of sp³-hybridized carbons (Fsp3) is 0.350. The zero-order valence-electron chi connectivity index (χ0n) is 17.0. The number of methoxy groups -OCH3 is 1. The van der Waals surface area contributed by atoms with E-state index in [1.807, 2.05) is 0 Å². The third kappa shape index (κ3) is 3.74. The number of halogens is 1. The molecule has 0 fully saturated rings. The smallest absolute Gasteiger partial charge is 0.384 e. The second-order valence-electron chi connectivity index (χ2n) is 7.02. The van der Waals surface area contributed by atoms with Gasteiger partial charge in [-0.3, -0.25) is 4.79 Å². The summed E-state index contributed by atoms with van der Waals surface area (Å²) < 4.78 is 36.1. The van der Waals surface area contributed by atoms with E-state index in [1.54, 1.807) is 37.3 Å². The lowest BCUT2D eigenvalue weighted by atomic mass is 9.88. The average molecular weight is 455 g/mol. The average Bonchev–Trinajstić information content (AvgIpc) is 2.89. The maximum atomic E-state index is 13.1. The van der Waals surface area contributed by atoms with Crippen LogP contribution in [0.5, 0.6) is 11.5 Å². The van der Waals surface area contributed by atoms with E-state index in [1.165, 1.54) is 32.2 Å². The minimum atomic E-state index is -4.10. The van der Waals surface area contributed by atoms with Crippen LogP contribution in [0.4, 0.5) is 5.69 Å². The second-order valence-corrected chi connectivity index (χ2v) is 9.21. The number of amides is 1. The molecule has 3 rings (SSSR count). The maximum Gasteiger partial charge on any atom is 0.384 e. The molecule has 1 aliphatic heterocycles. The summed E-state index contributed by atoms with van der Waals surface area (Å²) in [5.41, 5.74) is -0.742. The first-order chi connectivity index (χ1) is 14.0. The number of ether oxygens (including phenoxy) is 1. The lowest BCUT2D eigenvalue weighted by Gasteiger charge is -2.25. The second kappa shape index (κ2) is 8.07. The number of carbonyl (C=O) groups is 1. The molecule has 1 heterocycles. The van der Waals surface area contributed by atoms with Gasteiger partial charge in [-0.25, -0.2) is 0 Å². The summed E-state index contributed by atoms with van der Waals surface area (Å²) >= 11 is 6.12. The largest absolute Gasteiger partial charge is 0.493 e. The molecule has 0 bridgehead atoms. The van der Waals surface area contributed by atoms with E-state index in [0.29, 0.717) is 28.4 Å². The van der Waals surface area contributed by atoms with E-state index < -0.39 is 21.8 Å². The Morgan fingerprint density at radius 2 is 1.93 bits per heavy atom. The van der Waals surface area contributed by atoms with Gasteiger partial charge in [0.1, 0.15) is 0 Å². The summed E-state index contributed by atoms with van der Waals surface area (Å²) in [6.45, 7) is 2.15. The highest BCUT2D eigenvalue weighted by Gasteiger charge is 2.50. The number of anilines is 1. The molecule has 0 saturated carbocycles. The molecule has 30 heavy (non-hydrogen) atoms. The molecule has 1 aliphatic rings. The van der Waals surface area contributed by atoms with Gasteiger partial charge in [0.15, 0.2) is 17.1 Å². The fourth-order valence-corrected chi connectivity index (χ4v) is 4.14. The number of nitrogens with zero attached hydrogens (tertiary/aromatic N) is 2. The Morgan fingerprint density at radius 1 is 1.23 bits per heavy atom. The van der Waals surface area contributed by atoms with Crippen molar-refractivity contribution in [3.8, 4) is 11.5 Å². The quantitative estimate of drug-likeness (QED) is 0.689. The lowest BCUT2D eigenvalue weighted by Crippen LogP contribution is -2.42. The van der Waals surface area contributed by atoms with Crippen LogP contribution in [-0.4, -0.2) is 51.5 Å². The van der Waals surface area contributed by atoms with Crippen molar-refractivity contribution in [2.75, 3.05) is 32.6 Å². The van der Waals surface area contributed by atoms with Crippen molar-refractivity contribution < 1.29 is 27.2 Å². The highest BCUT2D eigenvalue weighted by Crippen LogP contribution is 2.45. The van der Waals surface area contributed by atoms with Gasteiger partial charge in [-0.05, 0) is 31.2 Å². The number of aliphatic hydroxyl groups is 1. The van der Waals surface area contributed by atoms with Crippen molar-refractivity contribution in [3.63, 3.8) is 0 Å². The highest BCUT2D eigenvalue weighted by molar-refractivity contribution is 7.84. The van der Waals surface area contributed by atoms with Crippen LogP contribution in [-0.2, 0) is 27.1 Å². The summed E-state index contributed by atoms with van der Waals surface area (Å²) in [6, 6.07) is 9.60. The number of hydrogen-bond donors (Lipinski definition) is 1. The van der Waals surface area contributed by atoms with Crippen LogP contribution in [0.1, 0.15) is 18.1 Å². The molecule has 0 aromatic heterocycles. The van der Waals surface area contributed by atoms with Crippen LogP contribution < -0.4 is 13.8 Å². The van der Waals surface area contributed by atoms with E-state index >= 15 is 0 Å². The van der Waals surface area contributed by atoms with Crippen molar-refractivity contribution in [1.29, 1.82) is 0 Å². The molecular weight excluding hydrogens is 432 g/mol. The van der Waals surface area contributed by atoms with Crippen LogP contribution in [0.15, 0.2) is 36.4 Å². The number of fused-ring (bicyclic) bond motifs is 1. The van der Waals surface area contributed by atoms with Crippen molar-refractivity contribution >= 4 is 33.5 Å². The summed E-state index contributed by atoms with van der Waals surface area (Å²) in [4.78, 5) is 14.6. The first-order valence-corrected chi connectivity index (χ1v) is 10.9. The number of para-hydroxylation sites is 1. The van der Waals surface area contributed by atoms with Gasteiger partial charge in [-0.15, -0.1) is 0 Å². The molecule has 0 radical (unpaired) electrons. The number of carbonyl (C=O) groups excluding carboxylic acids is 1. The molecule has 1 N–H and O–H groups in total. The van der Waals surface area contributed by atoms with E-state index in [2.05, 4.69) is 0 Å². The molecule has 1 atom stereocenters. The fourth-order valence-electron chi connectivity index (χ4n) is 3.42. The van der Waals surface area contributed by atoms with Crippen molar-refractivity contribution in [2.45, 2.75) is 18.9 Å². The Hall–Kier alpha value is -2.33. The van der Waals surface area contributed by atoms with Gasteiger partial charge in [-0.2, -0.15) is 12.7 Å². The summed E-state index contributed by atoms with van der Waals surface area (Å²) in [7, 11) is -0.0697. The molecule has 0 saturated heterocycles. The van der Waals surface area contributed by atoms with Crippen LogP contribution in [0.25, 0.3) is 0 Å². The van der Waals surface area contributed by atoms with Gasteiger partial charge in [0, 0.05) is 43.2 Å². The Labute approximate surface area is 180 Å². The Balaban J connectivity index is 2.13. The van der Waals surface area contributed by atoms with Gasteiger partial charge in [0.2, 0.25) is 0 Å². The lowest BCUT2D eigenvalue weighted by molar-refractivity contribution is -0.136. The van der Waals surface area contributed by atoms with Crippen molar-refractivity contribution in [1.82, 2.24) is 4.31 Å². The van der Waals surface area contributed by atoms with Gasteiger partial charge in [0.25, 0.3) is 5.91 Å². The zero-order chi connectivity index (χ0) is 22.3. The standard InChI is InChI=1S/C20H23ClN2O6S/c1-5-23-16-10-9-14(21)11-15(16)20(25,19(23)24)12-13-7-6-8-17(28-4)18(13)29-30(26,27)22(2)3/h6-11,25H,5,12H2,1-4H3. The highest BCUT2D eigenvalue weighted by atomic mass is 35.5. The Morgan fingerprint density at radius 3 is 2.53 bits per heavy atom. The Kier molecular flexibility index (Phi) is 6.01. The predicted molar refractivity (Wildman–Crippen MR) is 113 cm³/mol. The molecule has 0 spiro atoms. The van der Waals surface area contributed by atoms with Gasteiger partial charge >= 0.3 is 10.3 Å². The van der Waals surface area contributed by atoms with Crippen LogP contribution in [0.2, 0.25) is 5.02 Å². The van der Waals surface area contributed by atoms with E-state index in [9.17, 15) is 18.3 Å². The first-order valence-electron chi connectivity index (χ1n) is 9.17. The maximum absolute atomic E-state index is 13.1. The van der Waals surface area contributed by atoms with E-state index in [-0.39, 0.29) is 17.9 Å². The monoisotopic (exact) mass is 454 g/mol. The normalized spacial score (nSPS) is 18.6. The molecule has 162 valence electrons. The molecule has 1 unspecified atom stereocenters. The van der Waals surface area contributed by atoms with E-state index in [4.69, 9.17) is 20.5 Å². The SMILES string of the molecule is CCN1C(=O)C(O)(Cc2cccc(OC)c2OS(=O)(=O)N(C)C)c2cc(Cl)ccc21. The number of likely N-dealkylation sites (N-methyl/N-ethyl adjacent to an activating group) is 1. The van der Waals surface area contributed by atoms with Gasteiger partial charge in [-0.1, -0.05) is 23.7 Å². The van der Waals surface area contributed by atoms with Gasteiger partial charge in [0.05, 0.1) is 12.8 Å². The summed E-state index contributed by atoms with van der Waals surface area (Å²) in [5, 5.41) is 11.9. The number of hydrogen-bond acceptors (Lipinski definition) is 6. The zero-order valence-corrected chi connectivity index (χ0v) is 18.6. The summed E-state index contributed by atoms with van der Waals surface area (Å²) in [6.07, 6.45) is -0.231. The molecular formula is C20H23ClN2O6S. The number of rotatable bonds is 7. The molecule has 1 amide bonds. The molecule has 8 nitrogen and oxygen atoms in total. The molecule has 2 aromatic carbocycles. The van der Waals surface area contributed by atoms with Crippen molar-refractivity contribution in [2.24, 2.45) is 0 Å². The van der Waals surface area contributed by atoms with Crippen LogP contribution in [0.3, 0.4) is 0 Å². The topological polar surface area (TPSA) is 96.4 Å².